The van der Waals surface area contributed by atoms with Crippen LogP contribution in [0.2, 0.25) is 0 Å². The van der Waals surface area contributed by atoms with Gasteiger partial charge < -0.3 is 0 Å². The van der Waals surface area contributed by atoms with Gasteiger partial charge in [-0.15, -0.1) is 0 Å². The molecule has 10 aromatic rings. The van der Waals surface area contributed by atoms with Gasteiger partial charge in [-0.25, -0.2) is 0 Å². The van der Waals surface area contributed by atoms with E-state index in [0.717, 1.165) is 0 Å². The second-order valence-electron chi connectivity index (χ2n) is 15.7. The minimum Gasteiger partial charge on any atom is -0.0622 e. The first-order valence-corrected chi connectivity index (χ1v) is 19.7. The lowest BCUT2D eigenvalue weighted by atomic mass is 9.74. The van der Waals surface area contributed by atoms with E-state index >= 15 is 0 Å². The van der Waals surface area contributed by atoms with Gasteiger partial charge in [0.25, 0.3) is 0 Å². The highest BCUT2D eigenvalue weighted by Crippen LogP contribution is 2.58. The van der Waals surface area contributed by atoms with Crippen molar-refractivity contribution in [1.29, 1.82) is 0 Å². The van der Waals surface area contributed by atoms with E-state index in [1.54, 1.807) is 0 Å². The van der Waals surface area contributed by atoms with Gasteiger partial charge in [0.2, 0.25) is 0 Å². The molecule has 0 aromatic heterocycles. The molecule has 1 atom stereocenters. The van der Waals surface area contributed by atoms with Gasteiger partial charge >= 0.3 is 0 Å². The van der Waals surface area contributed by atoms with Gasteiger partial charge in [0.1, 0.15) is 0 Å². The standard InChI is InChI=1S/C56H36/c1-56(42-18-6-3-7-19-42)49-25-11-10-20-43(49)48-33-40-31-30-39(32-41(40)34-50(48)56)35-26-28-38(29-27-35)53-45-22-9-8-21-44(45)52(37-14-4-2-5-15-37)54-46-23-12-16-36-17-13-24-47(51(36)46)55(53)54/h2-34H,1H3. The molecule has 0 spiro atoms. The molecule has 0 fully saturated rings. The summed E-state index contributed by atoms with van der Waals surface area (Å²) in [5.74, 6) is 0. The molecule has 0 aliphatic heterocycles. The van der Waals surface area contributed by atoms with E-state index in [1.165, 1.54) is 116 Å². The fraction of sp³-hybridized carbons (Fsp3) is 0.0357. The zero-order chi connectivity index (χ0) is 37.0. The Bertz CT molecular complexity index is 3220. The van der Waals surface area contributed by atoms with Gasteiger partial charge in [-0.3, -0.25) is 0 Å². The van der Waals surface area contributed by atoms with Crippen molar-refractivity contribution in [2.45, 2.75) is 12.3 Å². The average molecular weight is 709 g/mol. The molecule has 2 aliphatic carbocycles. The van der Waals surface area contributed by atoms with Crippen molar-refractivity contribution in [3.8, 4) is 66.8 Å². The van der Waals surface area contributed by atoms with Crippen LogP contribution in [0.3, 0.4) is 0 Å². The first kappa shape index (κ1) is 31.3. The van der Waals surface area contributed by atoms with Crippen molar-refractivity contribution in [3.63, 3.8) is 0 Å². The van der Waals surface area contributed by atoms with Crippen molar-refractivity contribution in [1.82, 2.24) is 0 Å². The highest BCUT2D eigenvalue weighted by Gasteiger charge is 2.40. The monoisotopic (exact) mass is 708 g/mol. The van der Waals surface area contributed by atoms with E-state index < -0.39 is 0 Å². The largest absolute Gasteiger partial charge is 0.0622 e. The highest BCUT2D eigenvalue weighted by molar-refractivity contribution is 6.27. The Hall–Kier alpha value is -7.02. The topological polar surface area (TPSA) is 0 Å². The van der Waals surface area contributed by atoms with Crippen LogP contribution in [0.15, 0.2) is 200 Å². The summed E-state index contributed by atoms with van der Waals surface area (Å²) in [4.78, 5) is 0. The molecule has 2 aliphatic rings. The normalized spacial score (nSPS) is 14.9. The second-order valence-corrected chi connectivity index (χ2v) is 15.7. The van der Waals surface area contributed by atoms with E-state index in [9.17, 15) is 0 Å². The fourth-order valence-electron chi connectivity index (χ4n) is 10.3. The van der Waals surface area contributed by atoms with E-state index in [4.69, 9.17) is 0 Å². The van der Waals surface area contributed by atoms with Crippen LogP contribution in [-0.4, -0.2) is 0 Å². The van der Waals surface area contributed by atoms with Gasteiger partial charge in [-0.05, 0) is 141 Å². The van der Waals surface area contributed by atoms with Gasteiger partial charge in [0.15, 0.2) is 0 Å². The van der Waals surface area contributed by atoms with Crippen LogP contribution in [0.4, 0.5) is 0 Å². The lowest BCUT2D eigenvalue weighted by Gasteiger charge is -2.28. The van der Waals surface area contributed by atoms with Gasteiger partial charge in [0, 0.05) is 5.41 Å². The predicted octanol–water partition coefficient (Wildman–Crippen LogP) is 15.1. The maximum atomic E-state index is 2.46. The molecule has 12 rings (SSSR count). The third-order valence-corrected chi connectivity index (χ3v) is 12.9. The van der Waals surface area contributed by atoms with Gasteiger partial charge in [0.05, 0.1) is 0 Å². The summed E-state index contributed by atoms with van der Waals surface area (Å²) in [5.41, 5.74) is 19.4. The third-order valence-electron chi connectivity index (χ3n) is 12.9. The Kier molecular flexibility index (Phi) is 6.57. The van der Waals surface area contributed by atoms with Crippen molar-refractivity contribution in [2.24, 2.45) is 0 Å². The van der Waals surface area contributed by atoms with E-state index in [1.807, 2.05) is 0 Å². The first-order valence-electron chi connectivity index (χ1n) is 19.7. The van der Waals surface area contributed by atoms with Crippen LogP contribution in [0.5, 0.6) is 0 Å². The van der Waals surface area contributed by atoms with E-state index in [0.29, 0.717) is 0 Å². The number of benzene rings is 10. The average Bonchev–Trinajstić information content (AvgIpc) is 3.73. The maximum Gasteiger partial charge on any atom is 0.0435 e. The second kappa shape index (κ2) is 11.7. The van der Waals surface area contributed by atoms with Gasteiger partial charge in [-0.1, -0.05) is 182 Å². The van der Waals surface area contributed by atoms with E-state index in [2.05, 4.69) is 207 Å². The molecule has 0 heteroatoms. The summed E-state index contributed by atoms with van der Waals surface area (Å²) in [6, 6.07) is 74.7. The molecule has 260 valence electrons. The Balaban J connectivity index is 1.03. The molecule has 0 radical (unpaired) electrons. The van der Waals surface area contributed by atoms with Crippen LogP contribution in [-0.2, 0) is 5.41 Å². The number of hydrogen-bond acceptors (Lipinski definition) is 0. The van der Waals surface area contributed by atoms with Crippen LogP contribution < -0.4 is 0 Å². The van der Waals surface area contributed by atoms with Crippen LogP contribution in [0.1, 0.15) is 23.6 Å². The molecule has 0 amide bonds. The number of hydrogen-bond donors (Lipinski definition) is 0. The zero-order valence-corrected chi connectivity index (χ0v) is 31.1. The van der Waals surface area contributed by atoms with Crippen LogP contribution in [0, 0.1) is 0 Å². The molecule has 0 nitrogen and oxygen atoms in total. The summed E-state index contributed by atoms with van der Waals surface area (Å²) in [6.07, 6.45) is 0. The minimum absolute atomic E-state index is 0.220. The van der Waals surface area contributed by atoms with Crippen LogP contribution >= 0.6 is 0 Å². The van der Waals surface area contributed by atoms with Gasteiger partial charge in [-0.2, -0.15) is 0 Å². The van der Waals surface area contributed by atoms with Crippen molar-refractivity contribution in [2.75, 3.05) is 0 Å². The summed E-state index contributed by atoms with van der Waals surface area (Å²) in [6.45, 7) is 2.40. The molecule has 0 heterocycles. The minimum atomic E-state index is -0.220. The molecule has 0 N–H and O–H groups in total. The molecular weight excluding hydrogens is 673 g/mol. The third kappa shape index (κ3) is 4.30. The van der Waals surface area contributed by atoms with Crippen molar-refractivity contribution < 1.29 is 0 Å². The molecule has 10 aromatic carbocycles. The smallest absolute Gasteiger partial charge is 0.0435 e. The van der Waals surface area contributed by atoms with E-state index in [-0.39, 0.29) is 5.41 Å². The lowest BCUT2D eigenvalue weighted by Crippen LogP contribution is -2.22. The number of rotatable bonds is 4. The zero-order valence-electron chi connectivity index (χ0n) is 31.1. The molecule has 1 unspecified atom stereocenters. The van der Waals surface area contributed by atoms with Crippen LogP contribution in [0.25, 0.3) is 99.1 Å². The molecule has 0 saturated heterocycles. The van der Waals surface area contributed by atoms with Crippen molar-refractivity contribution in [3.05, 3.63) is 217 Å². The first-order chi connectivity index (χ1) is 27.7. The Morgan fingerprint density at radius 1 is 0.304 bits per heavy atom. The molecule has 0 bridgehead atoms. The summed E-state index contributed by atoms with van der Waals surface area (Å²) >= 11 is 0. The van der Waals surface area contributed by atoms with Crippen molar-refractivity contribution >= 4 is 32.3 Å². The Labute approximate surface area is 327 Å². The molecular formula is C56H36. The number of fused-ring (bicyclic) bond motifs is 8. The molecule has 0 saturated carbocycles. The quantitative estimate of drug-likeness (QED) is 0.171. The lowest BCUT2D eigenvalue weighted by molar-refractivity contribution is 0.715. The Morgan fingerprint density at radius 3 is 1.55 bits per heavy atom. The SMILES string of the molecule is CC1(c2ccccc2)c2ccccc2-c2cc3ccc(-c4ccc(-c5c6c(c(-c7ccccc7)c7ccccc57)-c5cccc7cccc-6c57)cc4)cc3cc21. The summed E-state index contributed by atoms with van der Waals surface area (Å²) in [7, 11) is 0. The summed E-state index contributed by atoms with van der Waals surface area (Å²) < 4.78 is 0. The predicted molar refractivity (Wildman–Crippen MR) is 237 cm³/mol. The highest BCUT2D eigenvalue weighted by atomic mass is 14.4. The Morgan fingerprint density at radius 2 is 0.857 bits per heavy atom. The molecule has 56 heavy (non-hydrogen) atoms. The maximum absolute atomic E-state index is 2.46. The fourth-order valence-corrected chi connectivity index (χ4v) is 10.3. The summed E-state index contributed by atoms with van der Waals surface area (Å²) in [5, 5.41) is 7.75.